The molecule has 4 aliphatic carbocycles. The van der Waals surface area contributed by atoms with E-state index in [9.17, 15) is 19.2 Å². The van der Waals surface area contributed by atoms with Gasteiger partial charge in [-0.15, -0.1) is 0 Å². The van der Waals surface area contributed by atoms with Gasteiger partial charge in [0.15, 0.2) is 0 Å². The van der Waals surface area contributed by atoms with Gasteiger partial charge in [0.2, 0.25) is 0 Å². The number of carboxylic acids is 4. The summed E-state index contributed by atoms with van der Waals surface area (Å²) in [6, 6.07) is 0. The zero-order valence-electron chi connectivity index (χ0n) is 57.8. The van der Waals surface area contributed by atoms with Crippen molar-refractivity contribution in [3.8, 4) is 0 Å². The summed E-state index contributed by atoms with van der Waals surface area (Å²) >= 11 is 0. The molecule has 4 N–H and O–H groups in total. The van der Waals surface area contributed by atoms with Gasteiger partial charge in [-0.1, -0.05) is 221 Å². The number of carboxylic acid groups (broad SMARTS) is 4. The lowest BCUT2D eigenvalue weighted by molar-refractivity contribution is -0.132. The van der Waals surface area contributed by atoms with Crippen molar-refractivity contribution in [3.63, 3.8) is 0 Å². The molecule has 0 unspecified atom stereocenters. The summed E-state index contributed by atoms with van der Waals surface area (Å²) in [5, 5.41) is 34.6. The van der Waals surface area contributed by atoms with Crippen LogP contribution in [-0.2, 0) is 19.2 Å². The van der Waals surface area contributed by atoms with E-state index in [1.165, 1.54) is 146 Å². The molecule has 0 aromatic heterocycles. The summed E-state index contributed by atoms with van der Waals surface area (Å²) in [6.45, 7) is 42.8. The lowest BCUT2D eigenvalue weighted by Gasteiger charge is -2.33. The third-order valence-corrected chi connectivity index (χ3v) is 16.5. The molecule has 8 nitrogen and oxygen atoms in total. The molecule has 0 aliphatic heterocycles. The van der Waals surface area contributed by atoms with Crippen molar-refractivity contribution in [1.82, 2.24) is 0 Å². The van der Waals surface area contributed by atoms with Gasteiger partial charge in [0.25, 0.3) is 0 Å². The van der Waals surface area contributed by atoms with Crippen LogP contribution in [0, 0.1) is 21.7 Å². The molecule has 0 atom stereocenters. The third-order valence-electron chi connectivity index (χ3n) is 16.5. The highest BCUT2D eigenvalue weighted by Gasteiger charge is 2.29. The Labute approximate surface area is 533 Å². The predicted octanol–water partition coefficient (Wildman–Crippen LogP) is 22.4. The molecule has 0 amide bonds. The molecule has 0 aromatic rings. The van der Waals surface area contributed by atoms with E-state index in [0.29, 0.717) is 0 Å². The Hall–Kier alpha value is -7.32. The van der Waals surface area contributed by atoms with Crippen LogP contribution in [0.1, 0.15) is 216 Å². The van der Waals surface area contributed by atoms with Crippen molar-refractivity contribution in [1.29, 1.82) is 0 Å². The molecule has 0 spiro atoms. The molecule has 0 fully saturated rings. The summed E-state index contributed by atoms with van der Waals surface area (Å²) in [7, 11) is 0. The summed E-state index contributed by atoms with van der Waals surface area (Å²) in [5.74, 6) is -3.65. The standard InChI is InChI=1S/4C20H28O2/c4*1-15(8-6-9-16(2)14-19(21)22)11-12-18-17(3)10-7-13-20(18,4)5/h4*6,8-9,11-12,14H,7,10,13H2,1-5H3,(H,21,22)/b9-6+,12-11+,15-8+,16-14+;2*9-6+,12-11+,15-8-,16-14-;9-6-,12-11+,15-8+,16-14-. The van der Waals surface area contributed by atoms with Crippen LogP contribution >= 0.6 is 0 Å². The van der Waals surface area contributed by atoms with Crippen molar-refractivity contribution >= 4 is 23.9 Å². The lowest BCUT2D eigenvalue weighted by atomic mass is 9.72. The monoisotopic (exact) mass is 1200 g/mol. The fourth-order valence-corrected chi connectivity index (χ4v) is 11.5. The lowest BCUT2D eigenvalue weighted by Crippen LogP contribution is -2.19. The zero-order valence-corrected chi connectivity index (χ0v) is 57.8. The largest absolute Gasteiger partial charge is 0.478 e. The Bertz CT molecular complexity index is 2680. The van der Waals surface area contributed by atoms with Crippen LogP contribution in [0.4, 0.5) is 0 Å². The minimum atomic E-state index is -0.912. The first-order chi connectivity index (χ1) is 40.9. The van der Waals surface area contributed by atoms with E-state index >= 15 is 0 Å². The van der Waals surface area contributed by atoms with Gasteiger partial charge < -0.3 is 20.4 Å². The Morgan fingerprint density at radius 2 is 0.466 bits per heavy atom. The fourth-order valence-electron chi connectivity index (χ4n) is 11.5. The normalized spacial score (nSPS) is 20.2. The molecule has 4 aliphatic rings. The quantitative estimate of drug-likeness (QED) is 0.0695. The summed E-state index contributed by atoms with van der Waals surface area (Å²) in [5.41, 5.74) is 20.4. The van der Waals surface area contributed by atoms with Crippen LogP contribution in [0.5, 0.6) is 0 Å². The van der Waals surface area contributed by atoms with Crippen molar-refractivity contribution < 1.29 is 39.6 Å². The van der Waals surface area contributed by atoms with E-state index in [4.69, 9.17) is 20.4 Å². The molecule has 0 saturated heterocycles. The van der Waals surface area contributed by atoms with Crippen molar-refractivity contribution in [3.05, 3.63) is 235 Å². The Morgan fingerprint density at radius 3 is 0.614 bits per heavy atom. The van der Waals surface area contributed by atoms with Crippen molar-refractivity contribution in [2.24, 2.45) is 21.7 Å². The first-order valence-corrected chi connectivity index (χ1v) is 31.5. The molecule has 88 heavy (non-hydrogen) atoms. The second kappa shape index (κ2) is 38.8. The molecule has 0 radical (unpaired) electrons. The number of rotatable bonds is 20. The molecule has 0 aromatic carbocycles. The van der Waals surface area contributed by atoms with E-state index in [2.05, 4.69) is 159 Å². The maximum atomic E-state index is 10.5. The van der Waals surface area contributed by atoms with Gasteiger partial charge in [-0.2, -0.15) is 0 Å². The SMILES string of the molecule is CC1=C(/C=C/C(C)=C/C=C/C(C)=C/C(=O)O)C(C)(C)CCC1.CC1=C(/C=C/C(C)=C/C=C\C(C)=C/C(=O)O)C(C)(C)CCC1.CC1=C(/C=C/C(C)=C\C=C\C(C)=C/C(=O)O)C(C)(C)CCC1.CC1=C(/C=C/C(C)=C\C=C\C(C)=C/C(=O)O)C(C)(C)CCC1. The van der Waals surface area contributed by atoms with Crippen LogP contribution in [0.15, 0.2) is 235 Å². The average Bonchev–Trinajstić information content (AvgIpc) is 2.38. The minimum absolute atomic E-state index is 0.260. The number of allylic oxidation sites excluding steroid dienone is 36. The molecular formula is C80H112O8. The van der Waals surface area contributed by atoms with E-state index in [0.717, 1.165) is 44.6 Å². The highest BCUT2D eigenvalue weighted by Crippen LogP contribution is 2.44. The predicted molar refractivity (Wildman–Crippen MR) is 375 cm³/mol. The Morgan fingerprint density at radius 1 is 0.295 bits per heavy atom. The molecule has 0 heterocycles. The second-order valence-electron chi connectivity index (χ2n) is 27.0. The van der Waals surface area contributed by atoms with Crippen molar-refractivity contribution in [2.75, 3.05) is 0 Å². The molecule has 0 saturated carbocycles. The third kappa shape index (κ3) is 32.6. The van der Waals surface area contributed by atoms with E-state index in [1.807, 2.05) is 48.6 Å². The maximum absolute atomic E-state index is 10.5. The van der Waals surface area contributed by atoms with Crippen LogP contribution in [0.2, 0.25) is 0 Å². The molecule has 0 bridgehead atoms. The van der Waals surface area contributed by atoms with Gasteiger partial charge in [-0.05, 0) is 226 Å². The Balaban J connectivity index is 0.000000587. The topological polar surface area (TPSA) is 149 Å². The minimum Gasteiger partial charge on any atom is -0.478 e. The summed E-state index contributed by atoms with van der Waals surface area (Å²) < 4.78 is 0. The average molecular weight is 1200 g/mol. The number of hydrogen-bond donors (Lipinski definition) is 4. The van der Waals surface area contributed by atoms with Crippen LogP contribution in [0.25, 0.3) is 0 Å². The Kier molecular flexibility index (Phi) is 34.7. The van der Waals surface area contributed by atoms with Gasteiger partial charge in [0, 0.05) is 24.3 Å². The van der Waals surface area contributed by atoms with Crippen LogP contribution < -0.4 is 0 Å². The fraction of sp³-hybridized carbons (Fsp3) is 0.450. The van der Waals surface area contributed by atoms with Gasteiger partial charge in [0.05, 0.1) is 0 Å². The number of hydrogen-bond acceptors (Lipinski definition) is 4. The molecular weight excluding hydrogens is 1090 g/mol. The highest BCUT2D eigenvalue weighted by atomic mass is 16.4. The van der Waals surface area contributed by atoms with E-state index < -0.39 is 23.9 Å². The van der Waals surface area contributed by atoms with Crippen LogP contribution in [0.3, 0.4) is 0 Å². The van der Waals surface area contributed by atoms with Crippen molar-refractivity contribution in [2.45, 2.75) is 216 Å². The summed E-state index contributed by atoms with van der Waals surface area (Å²) in [6.07, 6.45) is 60.0. The maximum Gasteiger partial charge on any atom is 0.328 e. The first kappa shape index (κ1) is 78.7. The zero-order chi connectivity index (χ0) is 67.0. The smallest absolute Gasteiger partial charge is 0.328 e. The molecule has 8 heteroatoms. The number of carbonyl (C=O) groups is 4. The van der Waals surface area contributed by atoms with Crippen LogP contribution in [-0.4, -0.2) is 44.3 Å². The van der Waals surface area contributed by atoms with E-state index in [1.54, 1.807) is 52.0 Å². The number of aliphatic carboxylic acids is 4. The van der Waals surface area contributed by atoms with E-state index in [-0.39, 0.29) is 21.7 Å². The molecule has 480 valence electrons. The van der Waals surface area contributed by atoms with Gasteiger partial charge >= 0.3 is 23.9 Å². The second-order valence-corrected chi connectivity index (χ2v) is 27.0. The van der Waals surface area contributed by atoms with Gasteiger partial charge in [-0.25, -0.2) is 19.2 Å². The highest BCUT2D eigenvalue weighted by molar-refractivity contribution is 5.82. The first-order valence-electron chi connectivity index (χ1n) is 31.5. The van der Waals surface area contributed by atoms with Gasteiger partial charge in [-0.3, -0.25) is 0 Å². The molecule has 4 rings (SSSR count). The summed E-state index contributed by atoms with van der Waals surface area (Å²) in [4.78, 5) is 42.1. The van der Waals surface area contributed by atoms with Gasteiger partial charge in [0.1, 0.15) is 0 Å².